The zero-order chi connectivity index (χ0) is 23.1. The van der Waals surface area contributed by atoms with E-state index in [-0.39, 0.29) is 11.9 Å². The smallest absolute Gasteiger partial charge is 0.244 e. The minimum absolute atomic E-state index is 0.269. The third-order valence-corrected chi connectivity index (χ3v) is 6.73. The lowest BCUT2D eigenvalue weighted by atomic mass is 9.89. The Morgan fingerprint density at radius 1 is 1.10 bits per heavy atom. The van der Waals surface area contributed by atoms with Gasteiger partial charge in [0.15, 0.2) is 0 Å². The first kappa shape index (κ1) is 23.1. The number of benzene rings is 2. The van der Waals surface area contributed by atoms with Crippen LogP contribution in [0.2, 0.25) is 0 Å². The summed E-state index contributed by atoms with van der Waals surface area (Å²) < 4.78 is 32.6. The lowest BCUT2D eigenvalue weighted by Crippen LogP contribution is -2.50. The molecule has 2 atom stereocenters. The molecular formula is C24H32N2O4S. The predicted octanol–water partition coefficient (Wildman–Crippen LogP) is 4.18. The number of aryl methyl sites for hydroxylation is 3. The number of carbonyl (C=O) groups excluding carboxylic acids is 1. The first-order chi connectivity index (χ1) is 14.3. The van der Waals surface area contributed by atoms with Gasteiger partial charge in [-0.2, -0.15) is 0 Å². The number of hydrogen-bond donors (Lipinski definition) is 1. The third-order valence-electron chi connectivity index (χ3n) is 5.49. The number of hydrogen-bond acceptors (Lipinski definition) is 4. The number of anilines is 1. The minimum Gasteiger partial charge on any atom is -0.487 e. The molecule has 6 nitrogen and oxygen atoms in total. The molecule has 0 aliphatic carbocycles. The summed E-state index contributed by atoms with van der Waals surface area (Å²) in [5, 5.41) is 3.08. The Hall–Kier alpha value is -2.54. The van der Waals surface area contributed by atoms with Crippen molar-refractivity contribution in [3.8, 4) is 5.75 Å². The average Bonchev–Trinajstić information content (AvgIpc) is 2.59. The maximum absolute atomic E-state index is 13.3. The largest absolute Gasteiger partial charge is 0.487 e. The highest BCUT2D eigenvalue weighted by molar-refractivity contribution is 7.92. The lowest BCUT2D eigenvalue weighted by molar-refractivity contribution is -0.123. The van der Waals surface area contributed by atoms with Crippen molar-refractivity contribution in [3.05, 3.63) is 58.7 Å². The van der Waals surface area contributed by atoms with Crippen LogP contribution >= 0.6 is 0 Å². The van der Waals surface area contributed by atoms with Crippen molar-refractivity contribution in [1.82, 2.24) is 5.32 Å². The van der Waals surface area contributed by atoms with Crippen LogP contribution in [0, 0.1) is 20.8 Å². The monoisotopic (exact) mass is 444 g/mol. The highest BCUT2D eigenvalue weighted by Gasteiger charge is 2.37. The first-order valence-electron chi connectivity index (χ1n) is 10.4. The SMILES string of the molecule is Cc1cc(C)cc(N([C@H](C)C(=O)N[C@@H]2CC(C)(C)Oc3ccc(C)cc32)S(C)(=O)=O)c1. The Labute approximate surface area is 185 Å². The van der Waals surface area contributed by atoms with E-state index in [0.717, 1.165) is 34.3 Å². The molecule has 0 fully saturated rings. The van der Waals surface area contributed by atoms with E-state index in [2.05, 4.69) is 5.32 Å². The fourth-order valence-corrected chi connectivity index (χ4v) is 5.44. The molecule has 0 unspecified atom stereocenters. The summed E-state index contributed by atoms with van der Waals surface area (Å²) in [5.41, 5.74) is 3.90. The number of rotatable bonds is 5. The number of carbonyl (C=O) groups is 1. The Bertz CT molecular complexity index is 1090. The van der Waals surface area contributed by atoms with E-state index in [0.29, 0.717) is 12.1 Å². The quantitative estimate of drug-likeness (QED) is 0.750. The molecule has 0 spiro atoms. The summed E-state index contributed by atoms with van der Waals surface area (Å²) in [5.74, 6) is 0.397. The first-order valence-corrected chi connectivity index (χ1v) is 12.3. The van der Waals surface area contributed by atoms with Crippen molar-refractivity contribution in [2.24, 2.45) is 0 Å². The molecule has 168 valence electrons. The number of ether oxygens (including phenoxy) is 1. The maximum Gasteiger partial charge on any atom is 0.244 e. The van der Waals surface area contributed by atoms with Crippen LogP contribution in [0.4, 0.5) is 5.69 Å². The molecule has 2 aromatic rings. The van der Waals surface area contributed by atoms with Crippen molar-refractivity contribution in [2.45, 2.75) is 65.6 Å². The third kappa shape index (κ3) is 5.21. The number of nitrogens with one attached hydrogen (secondary N) is 1. The molecule has 1 N–H and O–H groups in total. The molecule has 1 aliphatic rings. The molecule has 1 amide bonds. The Kier molecular flexibility index (Phi) is 6.11. The molecule has 0 radical (unpaired) electrons. The molecule has 1 heterocycles. The molecular weight excluding hydrogens is 412 g/mol. The highest BCUT2D eigenvalue weighted by Crippen LogP contribution is 2.40. The van der Waals surface area contributed by atoms with Crippen LogP contribution in [0.15, 0.2) is 36.4 Å². The summed E-state index contributed by atoms with van der Waals surface area (Å²) >= 11 is 0. The molecule has 0 aromatic heterocycles. The maximum atomic E-state index is 13.3. The number of nitrogens with zero attached hydrogens (tertiary/aromatic N) is 1. The zero-order valence-corrected chi connectivity index (χ0v) is 20.1. The number of amides is 1. The van der Waals surface area contributed by atoms with Crippen LogP contribution in [0.1, 0.15) is 55.5 Å². The Morgan fingerprint density at radius 3 is 2.29 bits per heavy atom. The average molecular weight is 445 g/mol. The molecule has 7 heteroatoms. The van der Waals surface area contributed by atoms with E-state index in [1.54, 1.807) is 19.1 Å². The number of sulfonamides is 1. The molecule has 0 saturated carbocycles. The Balaban J connectivity index is 1.93. The topological polar surface area (TPSA) is 75.7 Å². The van der Waals surface area contributed by atoms with Crippen LogP contribution in [-0.4, -0.2) is 32.2 Å². The van der Waals surface area contributed by atoms with Gasteiger partial charge < -0.3 is 10.1 Å². The zero-order valence-electron chi connectivity index (χ0n) is 19.3. The van der Waals surface area contributed by atoms with Crippen LogP contribution in [0.5, 0.6) is 5.75 Å². The molecule has 0 bridgehead atoms. The van der Waals surface area contributed by atoms with Gasteiger partial charge in [-0.3, -0.25) is 9.10 Å². The summed E-state index contributed by atoms with van der Waals surface area (Å²) in [7, 11) is -3.68. The van der Waals surface area contributed by atoms with Crippen LogP contribution < -0.4 is 14.4 Å². The van der Waals surface area contributed by atoms with Gasteiger partial charge in [-0.15, -0.1) is 0 Å². The van der Waals surface area contributed by atoms with Crippen LogP contribution in [-0.2, 0) is 14.8 Å². The summed E-state index contributed by atoms with van der Waals surface area (Å²) in [6.45, 7) is 11.4. The van der Waals surface area contributed by atoms with Gasteiger partial charge in [-0.05, 0) is 70.9 Å². The van der Waals surface area contributed by atoms with Crippen molar-refractivity contribution >= 4 is 21.6 Å². The summed E-state index contributed by atoms with van der Waals surface area (Å²) in [6, 6.07) is 10.3. The molecule has 31 heavy (non-hydrogen) atoms. The van der Waals surface area contributed by atoms with Gasteiger partial charge in [0.05, 0.1) is 18.0 Å². The van der Waals surface area contributed by atoms with E-state index in [4.69, 9.17) is 4.74 Å². The van der Waals surface area contributed by atoms with E-state index in [1.165, 1.54) is 4.31 Å². The normalized spacial score (nSPS) is 18.5. The van der Waals surface area contributed by atoms with Gasteiger partial charge >= 0.3 is 0 Å². The lowest BCUT2D eigenvalue weighted by Gasteiger charge is -2.39. The fraction of sp³-hybridized carbons (Fsp3) is 0.458. The standard InChI is InChI=1S/C24H32N2O4S/c1-15-8-9-22-20(13-15)21(14-24(5,6)30-22)25-23(27)18(4)26(31(7,28)29)19-11-16(2)10-17(3)12-19/h8-13,18,21H,14H2,1-7H3,(H,25,27)/t18-,21-/m1/s1. The molecule has 3 rings (SSSR count). The summed E-state index contributed by atoms with van der Waals surface area (Å²) in [6.07, 6.45) is 1.72. The summed E-state index contributed by atoms with van der Waals surface area (Å²) in [4.78, 5) is 13.3. The van der Waals surface area contributed by atoms with Gasteiger partial charge in [-0.25, -0.2) is 8.42 Å². The van der Waals surface area contributed by atoms with Crippen LogP contribution in [0.3, 0.4) is 0 Å². The fourth-order valence-electron chi connectivity index (χ4n) is 4.28. The Morgan fingerprint density at radius 2 is 1.71 bits per heavy atom. The van der Waals surface area contributed by atoms with E-state index in [1.807, 2.05) is 58.9 Å². The molecule has 1 aliphatic heterocycles. The minimum atomic E-state index is -3.68. The second-order valence-electron chi connectivity index (χ2n) is 9.25. The van der Waals surface area contributed by atoms with Gasteiger partial charge in [0.25, 0.3) is 0 Å². The van der Waals surface area contributed by atoms with Crippen molar-refractivity contribution in [2.75, 3.05) is 10.6 Å². The number of fused-ring (bicyclic) bond motifs is 1. The van der Waals surface area contributed by atoms with E-state index in [9.17, 15) is 13.2 Å². The highest BCUT2D eigenvalue weighted by atomic mass is 32.2. The van der Waals surface area contributed by atoms with Crippen molar-refractivity contribution < 1.29 is 17.9 Å². The van der Waals surface area contributed by atoms with Crippen molar-refractivity contribution in [3.63, 3.8) is 0 Å². The molecule has 2 aromatic carbocycles. The second-order valence-corrected chi connectivity index (χ2v) is 11.1. The van der Waals surface area contributed by atoms with E-state index >= 15 is 0 Å². The van der Waals surface area contributed by atoms with E-state index < -0.39 is 21.7 Å². The molecule has 0 saturated heterocycles. The predicted molar refractivity (Wildman–Crippen MR) is 124 cm³/mol. The van der Waals surface area contributed by atoms with Crippen LogP contribution in [0.25, 0.3) is 0 Å². The van der Waals surface area contributed by atoms with Gasteiger partial charge in [0, 0.05) is 12.0 Å². The van der Waals surface area contributed by atoms with Gasteiger partial charge in [-0.1, -0.05) is 23.8 Å². The van der Waals surface area contributed by atoms with Gasteiger partial charge in [0.2, 0.25) is 15.9 Å². The van der Waals surface area contributed by atoms with Crippen molar-refractivity contribution in [1.29, 1.82) is 0 Å². The second kappa shape index (κ2) is 8.19. The van der Waals surface area contributed by atoms with Gasteiger partial charge in [0.1, 0.15) is 17.4 Å².